The molecule has 3 rings (SSSR count). The minimum Gasteiger partial charge on any atom is -0.494 e. The first kappa shape index (κ1) is 14.3. The number of nitrogens with one attached hydrogen (secondary N) is 2. The topological polar surface area (TPSA) is 67.0 Å². The molecule has 1 heterocycles. The van der Waals surface area contributed by atoms with Gasteiger partial charge in [-0.05, 0) is 37.8 Å². The van der Waals surface area contributed by atoms with E-state index >= 15 is 0 Å². The van der Waals surface area contributed by atoms with E-state index in [0.717, 1.165) is 28.5 Å². The maximum atomic E-state index is 11.7. The number of ether oxygens (including phenoxy) is 1. The average molecular weight is 305 g/mol. The highest BCUT2D eigenvalue weighted by Crippen LogP contribution is 2.27. The highest BCUT2D eigenvalue weighted by atomic mass is 32.2. The number of rotatable bonds is 7. The summed E-state index contributed by atoms with van der Waals surface area (Å²) in [6.45, 7) is 3.42. The van der Waals surface area contributed by atoms with Crippen LogP contribution in [0, 0.1) is 5.92 Å². The number of fused-ring (bicyclic) bond motifs is 1. The van der Waals surface area contributed by atoms with Crippen molar-refractivity contribution in [2.75, 3.05) is 18.9 Å². The average Bonchev–Trinajstić information content (AvgIpc) is 3.22. The fourth-order valence-electron chi connectivity index (χ4n) is 2.06. The zero-order chi connectivity index (χ0) is 14.7. The van der Waals surface area contributed by atoms with Crippen LogP contribution in [0.25, 0.3) is 11.0 Å². The van der Waals surface area contributed by atoms with Gasteiger partial charge in [-0.3, -0.25) is 4.79 Å². The Labute approximate surface area is 127 Å². The SMILES string of the molecule is CCOc1ccc2nc(SCC(=O)NCC3CC3)[nH]c2c1. The summed E-state index contributed by atoms with van der Waals surface area (Å²) in [5, 5.41) is 3.72. The molecule has 0 atom stereocenters. The summed E-state index contributed by atoms with van der Waals surface area (Å²) < 4.78 is 5.46. The van der Waals surface area contributed by atoms with Crippen molar-refractivity contribution in [1.29, 1.82) is 0 Å². The summed E-state index contributed by atoms with van der Waals surface area (Å²) >= 11 is 1.43. The van der Waals surface area contributed by atoms with Crippen molar-refractivity contribution in [3.63, 3.8) is 0 Å². The van der Waals surface area contributed by atoms with Crippen molar-refractivity contribution >= 4 is 28.7 Å². The van der Waals surface area contributed by atoms with E-state index < -0.39 is 0 Å². The molecule has 1 fully saturated rings. The number of imidazole rings is 1. The zero-order valence-electron chi connectivity index (χ0n) is 12.0. The Kier molecular flexibility index (Phi) is 4.34. The summed E-state index contributed by atoms with van der Waals surface area (Å²) in [4.78, 5) is 19.4. The number of H-pyrrole nitrogens is 1. The minimum atomic E-state index is 0.0716. The van der Waals surface area contributed by atoms with E-state index in [1.807, 2.05) is 25.1 Å². The van der Waals surface area contributed by atoms with Crippen LogP contribution in [-0.4, -0.2) is 34.8 Å². The Morgan fingerprint density at radius 2 is 2.38 bits per heavy atom. The lowest BCUT2D eigenvalue weighted by Gasteiger charge is -2.02. The molecule has 0 unspecified atom stereocenters. The smallest absolute Gasteiger partial charge is 0.230 e. The van der Waals surface area contributed by atoms with Crippen molar-refractivity contribution in [2.45, 2.75) is 24.9 Å². The monoisotopic (exact) mass is 305 g/mol. The van der Waals surface area contributed by atoms with Crippen molar-refractivity contribution in [2.24, 2.45) is 5.92 Å². The van der Waals surface area contributed by atoms with Gasteiger partial charge in [0.2, 0.25) is 5.91 Å². The number of thioether (sulfide) groups is 1. The first-order valence-corrected chi connectivity index (χ1v) is 8.25. The van der Waals surface area contributed by atoms with Gasteiger partial charge in [0.15, 0.2) is 5.16 Å². The quantitative estimate of drug-likeness (QED) is 0.772. The van der Waals surface area contributed by atoms with Crippen LogP contribution in [0.5, 0.6) is 5.75 Å². The van der Waals surface area contributed by atoms with Crippen LogP contribution in [0.2, 0.25) is 0 Å². The number of amides is 1. The second-order valence-corrected chi connectivity index (χ2v) is 6.15. The molecule has 0 bridgehead atoms. The molecule has 1 amide bonds. The minimum absolute atomic E-state index is 0.0716. The highest BCUT2D eigenvalue weighted by molar-refractivity contribution is 7.99. The molecule has 1 aliphatic carbocycles. The molecule has 112 valence electrons. The lowest BCUT2D eigenvalue weighted by atomic mass is 10.3. The number of nitrogens with zero attached hydrogens (tertiary/aromatic N) is 1. The van der Waals surface area contributed by atoms with Gasteiger partial charge in [0, 0.05) is 12.6 Å². The molecule has 2 N–H and O–H groups in total. The van der Waals surface area contributed by atoms with Gasteiger partial charge in [-0.25, -0.2) is 4.98 Å². The maximum absolute atomic E-state index is 11.7. The predicted octanol–water partition coefficient (Wildman–Crippen LogP) is 2.58. The molecular weight excluding hydrogens is 286 g/mol. The standard InChI is InChI=1S/C15H19N3O2S/c1-2-20-11-5-6-12-13(7-11)18-15(17-12)21-9-14(19)16-8-10-3-4-10/h5-7,10H,2-4,8-9H2,1H3,(H,16,19)(H,17,18). The lowest BCUT2D eigenvalue weighted by Crippen LogP contribution is -2.27. The summed E-state index contributed by atoms with van der Waals surface area (Å²) in [7, 11) is 0. The van der Waals surface area contributed by atoms with E-state index in [1.165, 1.54) is 24.6 Å². The molecule has 1 aromatic carbocycles. The van der Waals surface area contributed by atoms with Crippen LogP contribution < -0.4 is 10.1 Å². The van der Waals surface area contributed by atoms with E-state index in [-0.39, 0.29) is 5.91 Å². The highest BCUT2D eigenvalue weighted by Gasteiger charge is 2.21. The van der Waals surface area contributed by atoms with Gasteiger partial charge in [0.25, 0.3) is 0 Å². The Bertz CT molecular complexity index is 637. The molecular formula is C15H19N3O2S. The molecule has 0 saturated heterocycles. The predicted molar refractivity (Wildman–Crippen MR) is 83.7 cm³/mol. The number of carbonyl (C=O) groups excluding carboxylic acids is 1. The fraction of sp³-hybridized carbons (Fsp3) is 0.467. The van der Waals surface area contributed by atoms with Crippen LogP contribution in [0.15, 0.2) is 23.4 Å². The van der Waals surface area contributed by atoms with E-state index in [2.05, 4.69) is 15.3 Å². The third-order valence-electron chi connectivity index (χ3n) is 3.37. The van der Waals surface area contributed by atoms with Gasteiger partial charge in [0.1, 0.15) is 5.75 Å². The van der Waals surface area contributed by atoms with Gasteiger partial charge >= 0.3 is 0 Å². The van der Waals surface area contributed by atoms with Gasteiger partial charge in [-0.2, -0.15) is 0 Å². The molecule has 0 aliphatic heterocycles. The van der Waals surface area contributed by atoms with Crippen LogP contribution >= 0.6 is 11.8 Å². The normalized spacial score (nSPS) is 14.3. The molecule has 1 saturated carbocycles. The molecule has 0 radical (unpaired) electrons. The largest absolute Gasteiger partial charge is 0.494 e. The first-order valence-electron chi connectivity index (χ1n) is 7.26. The van der Waals surface area contributed by atoms with Crippen molar-refractivity contribution < 1.29 is 9.53 Å². The van der Waals surface area contributed by atoms with Crippen LogP contribution in [0.3, 0.4) is 0 Å². The number of hydrogen-bond acceptors (Lipinski definition) is 4. The van der Waals surface area contributed by atoms with Crippen molar-refractivity contribution in [3.8, 4) is 5.75 Å². The number of carbonyl (C=O) groups is 1. The third kappa shape index (κ3) is 3.91. The summed E-state index contributed by atoms with van der Waals surface area (Å²) in [5.74, 6) is 2.00. The molecule has 1 aliphatic rings. The number of aromatic amines is 1. The summed E-state index contributed by atoms with van der Waals surface area (Å²) in [5.41, 5.74) is 1.82. The Morgan fingerprint density at radius 1 is 1.52 bits per heavy atom. The molecule has 21 heavy (non-hydrogen) atoms. The fourth-order valence-corrected chi connectivity index (χ4v) is 2.77. The summed E-state index contributed by atoms with van der Waals surface area (Å²) in [6.07, 6.45) is 2.50. The van der Waals surface area contributed by atoms with E-state index in [0.29, 0.717) is 18.3 Å². The van der Waals surface area contributed by atoms with Gasteiger partial charge in [-0.15, -0.1) is 0 Å². The van der Waals surface area contributed by atoms with Gasteiger partial charge in [0.05, 0.1) is 23.4 Å². The van der Waals surface area contributed by atoms with E-state index in [9.17, 15) is 4.79 Å². The zero-order valence-corrected chi connectivity index (χ0v) is 12.8. The van der Waals surface area contributed by atoms with Crippen molar-refractivity contribution in [1.82, 2.24) is 15.3 Å². The molecule has 6 heteroatoms. The second kappa shape index (κ2) is 6.39. The Morgan fingerprint density at radius 3 is 3.14 bits per heavy atom. The number of hydrogen-bond donors (Lipinski definition) is 2. The van der Waals surface area contributed by atoms with Crippen LogP contribution in [0.4, 0.5) is 0 Å². The molecule has 5 nitrogen and oxygen atoms in total. The van der Waals surface area contributed by atoms with Crippen LogP contribution in [0.1, 0.15) is 19.8 Å². The Hall–Kier alpha value is -1.69. The van der Waals surface area contributed by atoms with Crippen molar-refractivity contribution in [3.05, 3.63) is 18.2 Å². The third-order valence-corrected chi connectivity index (χ3v) is 4.24. The second-order valence-electron chi connectivity index (χ2n) is 5.19. The van der Waals surface area contributed by atoms with Gasteiger partial charge in [-0.1, -0.05) is 11.8 Å². The lowest BCUT2D eigenvalue weighted by molar-refractivity contribution is -0.118. The maximum Gasteiger partial charge on any atom is 0.230 e. The molecule has 2 aromatic rings. The molecule has 0 spiro atoms. The van der Waals surface area contributed by atoms with Crippen LogP contribution in [-0.2, 0) is 4.79 Å². The first-order chi connectivity index (χ1) is 10.2. The Balaban J connectivity index is 1.57. The molecule has 1 aromatic heterocycles. The number of benzene rings is 1. The summed E-state index contributed by atoms with van der Waals surface area (Å²) in [6, 6.07) is 5.76. The van der Waals surface area contributed by atoms with E-state index in [1.54, 1.807) is 0 Å². The number of aromatic nitrogens is 2. The van der Waals surface area contributed by atoms with E-state index in [4.69, 9.17) is 4.74 Å². The van der Waals surface area contributed by atoms with Gasteiger partial charge < -0.3 is 15.0 Å².